The molecule has 0 aliphatic carbocycles. The fourth-order valence-electron chi connectivity index (χ4n) is 1.85. The largest absolute Gasteiger partial charge is 0.491 e. The molecule has 2 rings (SSSR count). The van der Waals surface area contributed by atoms with Crippen LogP contribution in [0, 0.1) is 5.82 Å². The predicted molar refractivity (Wildman–Crippen MR) is 81.2 cm³/mol. The van der Waals surface area contributed by atoms with Gasteiger partial charge in [-0.15, -0.1) is 0 Å². The Bertz CT molecular complexity index is 617. The van der Waals surface area contributed by atoms with E-state index in [1.54, 1.807) is 24.3 Å². The van der Waals surface area contributed by atoms with Gasteiger partial charge in [0.25, 0.3) is 0 Å². The lowest BCUT2D eigenvalue weighted by atomic mass is 9.79. The van der Waals surface area contributed by atoms with Crippen LogP contribution >= 0.6 is 23.2 Å². The van der Waals surface area contributed by atoms with Gasteiger partial charge in [-0.2, -0.15) is 0 Å². The van der Waals surface area contributed by atoms with Gasteiger partial charge in [-0.3, -0.25) is 0 Å². The van der Waals surface area contributed by atoms with E-state index >= 15 is 0 Å². The summed E-state index contributed by atoms with van der Waals surface area (Å²) >= 11 is 11.8. The topological polar surface area (TPSA) is 49.7 Å². The van der Waals surface area contributed by atoms with E-state index in [-0.39, 0.29) is 18.7 Å². The third kappa shape index (κ3) is 4.69. The molecule has 2 aromatic carbocycles. The van der Waals surface area contributed by atoms with Gasteiger partial charge in [0.2, 0.25) is 0 Å². The van der Waals surface area contributed by atoms with Crippen molar-refractivity contribution in [3.05, 3.63) is 63.4 Å². The summed E-state index contributed by atoms with van der Waals surface area (Å²) in [6, 6.07) is 9.19. The summed E-state index contributed by atoms with van der Waals surface area (Å²) < 4.78 is 19.0. The molecule has 0 aliphatic rings. The van der Waals surface area contributed by atoms with Crippen molar-refractivity contribution in [3.8, 4) is 0 Å². The minimum absolute atomic E-state index is 0.166. The highest BCUT2D eigenvalue weighted by Gasteiger charge is 2.16. The monoisotopic (exact) mass is 328 g/mol. The number of hydrogen-bond donors (Lipinski definition) is 2. The van der Waals surface area contributed by atoms with Crippen molar-refractivity contribution in [1.29, 1.82) is 0 Å². The molecule has 2 aromatic rings. The van der Waals surface area contributed by atoms with Crippen LogP contribution in [0.5, 0.6) is 0 Å². The second-order valence-corrected chi connectivity index (χ2v) is 5.37. The first-order valence-electron chi connectivity index (χ1n) is 6.13. The first-order valence-corrected chi connectivity index (χ1v) is 6.88. The van der Waals surface area contributed by atoms with Crippen LogP contribution in [0.4, 0.5) is 4.39 Å². The maximum atomic E-state index is 13.5. The van der Waals surface area contributed by atoms with E-state index in [1.165, 1.54) is 12.1 Å². The number of ether oxygens (including phenoxy) is 1. The molecule has 0 aliphatic heterocycles. The quantitative estimate of drug-likeness (QED) is 0.829. The molecule has 0 atom stereocenters. The van der Waals surface area contributed by atoms with Crippen molar-refractivity contribution >= 4 is 35.8 Å². The summed E-state index contributed by atoms with van der Waals surface area (Å²) in [7, 11) is -1.83. The van der Waals surface area contributed by atoms with Gasteiger partial charge in [-0.05, 0) is 35.4 Å². The zero-order chi connectivity index (χ0) is 15.4. The zero-order valence-electron chi connectivity index (χ0n) is 10.9. The standard InChI is InChI=1S/C14H12BCl2FO3/c16-11-3-10(4-12(17)6-11)8-21-7-9-1-2-13(15(19)20)14(18)5-9/h1-6,19-20H,7-8H2. The van der Waals surface area contributed by atoms with Crippen LogP contribution in [-0.4, -0.2) is 17.2 Å². The van der Waals surface area contributed by atoms with E-state index in [0.717, 1.165) is 5.56 Å². The third-order valence-corrected chi connectivity index (χ3v) is 3.24. The van der Waals surface area contributed by atoms with Gasteiger partial charge in [-0.25, -0.2) is 4.39 Å². The molecule has 3 nitrogen and oxygen atoms in total. The molecule has 0 saturated heterocycles. The molecular weight excluding hydrogens is 317 g/mol. The highest BCUT2D eigenvalue weighted by molar-refractivity contribution is 6.58. The Kier molecular flexibility index (Phi) is 5.61. The van der Waals surface area contributed by atoms with Gasteiger partial charge in [0.05, 0.1) is 13.2 Å². The van der Waals surface area contributed by atoms with Crippen LogP contribution in [0.15, 0.2) is 36.4 Å². The van der Waals surface area contributed by atoms with Crippen LogP contribution in [0.3, 0.4) is 0 Å². The van der Waals surface area contributed by atoms with E-state index in [1.807, 2.05) is 0 Å². The summed E-state index contributed by atoms with van der Waals surface area (Å²) in [4.78, 5) is 0. The maximum Gasteiger partial charge on any atom is 0.491 e. The van der Waals surface area contributed by atoms with Gasteiger partial charge in [-0.1, -0.05) is 35.3 Å². The lowest BCUT2D eigenvalue weighted by Gasteiger charge is -2.08. The van der Waals surface area contributed by atoms with Gasteiger partial charge in [0.15, 0.2) is 0 Å². The molecule has 110 valence electrons. The Morgan fingerprint density at radius 3 is 2.14 bits per heavy atom. The molecule has 21 heavy (non-hydrogen) atoms. The Balaban J connectivity index is 1.96. The first kappa shape index (κ1) is 16.3. The SMILES string of the molecule is OB(O)c1ccc(COCc2cc(Cl)cc(Cl)c2)cc1F. The summed E-state index contributed by atoms with van der Waals surface area (Å²) in [5.74, 6) is -0.683. The van der Waals surface area contributed by atoms with Crippen molar-refractivity contribution in [2.75, 3.05) is 0 Å². The van der Waals surface area contributed by atoms with Crippen molar-refractivity contribution in [2.24, 2.45) is 0 Å². The van der Waals surface area contributed by atoms with Crippen molar-refractivity contribution < 1.29 is 19.2 Å². The Labute approximate surface area is 132 Å². The highest BCUT2D eigenvalue weighted by atomic mass is 35.5. The normalized spacial score (nSPS) is 10.7. The summed E-state index contributed by atoms with van der Waals surface area (Å²) in [5, 5.41) is 18.9. The number of hydrogen-bond acceptors (Lipinski definition) is 3. The molecule has 0 radical (unpaired) electrons. The van der Waals surface area contributed by atoms with E-state index in [2.05, 4.69) is 0 Å². The summed E-state index contributed by atoms with van der Waals surface area (Å²) in [6.45, 7) is 0.467. The van der Waals surface area contributed by atoms with Crippen LogP contribution in [0.25, 0.3) is 0 Å². The van der Waals surface area contributed by atoms with Crippen LogP contribution in [0.1, 0.15) is 11.1 Å². The average molecular weight is 329 g/mol. The van der Waals surface area contributed by atoms with Crippen LogP contribution < -0.4 is 5.46 Å². The molecule has 0 fully saturated rings. The number of halogens is 3. The minimum Gasteiger partial charge on any atom is -0.423 e. The van der Waals surface area contributed by atoms with E-state index in [0.29, 0.717) is 15.6 Å². The average Bonchev–Trinajstić information content (AvgIpc) is 2.37. The third-order valence-electron chi connectivity index (χ3n) is 2.80. The second-order valence-electron chi connectivity index (χ2n) is 4.50. The molecular formula is C14H12BCl2FO3. The Hall–Kier alpha value is -1.11. The van der Waals surface area contributed by atoms with Gasteiger partial charge >= 0.3 is 7.12 Å². The molecule has 0 spiro atoms. The van der Waals surface area contributed by atoms with Crippen LogP contribution in [-0.2, 0) is 18.0 Å². The number of rotatable bonds is 5. The van der Waals surface area contributed by atoms with E-state index in [4.69, 9.17) is 38.0 Å². The molecule has 0 bridgehead atoms. The van der Waals surface area contributed by atoms with Gasteiger partial charge in [0.1, 0.15) is 5.82 Å². The second kappa shape index (κ2) is 7.25. The lowest BCUT2D eigenvalue weighted by Crippen LogP contribution is -2.32. The van der Waals surface area contributed by atoms with E-state index in [9.17, 15) is 4.39 Å². The first-order chi connectivity index (χ1) is 9.95. The Morgan fingerprint density at radius 1 is 0.952 bits per heavy atom. The minimum atomic E-state index is -1.83. The predicted octanol–water partition coefficient (Wildman–Crippen LogP) is 2.53. The summed E-state index contributed by atoms with van der Waals surface area (Å²) in [5.41, 5.74) is 1.24. The Morgan fingerprint density at radius 2 is 1.57 bits per heavy atom. The van der Waals surface area contributed by atoms with Gasteiger partial charge < -0.3 is 14.8 Å². The zero-order valence-corrected chi connectivity index (χ0v) is 12.4. The van der Waals surface area contributed by atoms with Crippen molar-refractivity contribution in [3.63, 3.8) is 0 Å². The highest BCUT2D eigenvalue weighted by Crippen LogP contribution is 2.19. The van der Waals surface area contributed by atoms with Gasteiger partial charge in [0, 0.05) is 15.5 Å². The smallest absolute Gasteiger partial charge is 0.423 e. The molecule has 7 heteroatoms. The maximum absolute atomic E-state index is 13.5. The van der Waals surface area contributed by atoms with E-state index < -0.39 is 12.9 Å². The van der Waals surface area contributed by atoms with Crippen molar-refractivity contribution in [1.82, 2.24) is 0 Å². The lowest BCUT2D eigenvalue weighted by molar-refractivity contribution is 0.107. The molecule has 0 saturated carbocycles. The summed E-state index contributed by atoms with van der Waals surface area (Å²) in [6.07, 6.45) is 0. The molecule has 0 unspecified atom stereocenters. The fourth-order valence-corrected chi connectivity index (χ4v) is 2.42. The van der Waals surface area contributed by atoms with Crippen LogP contribution in [0.2, 0.25) is 10.0 Å². The molecule has 2 N–H and O–H groups in total. The molecule has 0 aromatic heterocycles. The fraction of sp³-hybridized carbons (Fsp3) is 0.143. The number of benzene rings is 2. The molecule has 0 amide bonds. The molecule has 0 heterocycles. The van der Waals surface area contributed by atoms with Crippen molar-refractivity contribution in [2.45, 2.75) is 13.2 Å².